The van der Waals surface area contributed by atoms with E-state index in [4.69, 9.17) is 0 Å². The van der Waals surface area contributed by atoms with Crippen LogP contribution >= 0.6 is 0 Å². The average Bonchev–Trinajstić information content (AvgIpc) is 3.00. The Morgan fingerprint density at radius 3 is 2.48 bits per heavy atom. The first-order valence-electron chi connectivity index (χ1n) is 7.71. The Morgan fingerprint density at radius 2 is 1.95 bits per heavy atom. The molecule has 2 rings (SSSR count). The summed E-state index contributed by atoms with van der Waals surface area (Å²) in [6.07, 6.45) is 4.00. The van der Waals surface area contributed by atoms with E-state index in [1.807, 2.05) is 10.9 Å². The first kappa shape index (κ1) is 15.8. The zero-order chi connectivity index (χ0) is 15.6. The van der Waals surface area contributed by atoms with Crippen molar-refractivity contribution in [1.82, 2.24) is 24.9 Å². The van der Waals surface area contributed by atoms with Gasteiger partial charge in [-0.25, -0.2) is 0 Å². The van der Waals surface area contributed by atoms with Crippen LogP contribution in [0, 0.1) is 20.8 Å². The van der Waals surface area contributed by atoms with Gasteiger partial charge in [-0.3, -0.25) is 9.36 Å². The number of nitrogens with one attached hydrogen (secondary N) is 1. The Labute approximate surface area is 127 Å². The summed E-state index contributed by atoms with van der Waals surface area (Å²) in [7, 11) is 0. The number of aromatic nitrogens is 4. The van der Waals surface area contributed by atoms with Crippen molar-refractivity contribution < 1.29 is 0 Å². The van der Waals surface area contributed by atoms with Crippen LogP contribution in [0.5, 0.6) is 0 Å². The molecule has 0 spiro atoms. The molecule has 0 aliphatic rings. The van der Waals surface area contributed by atoms with E-state index < -0.39 is 0 Å². The summed E-state index contributed by atoms with van der Waals surface area (Å²) in [5, 5.41) is 12.6. The molecule has 2 aromatic rings. The molecule has 0 aliphatic carbocycles. The van der Waals surface area contributed by atoms with E-state index in [1.54, 1.807) is 0 Å². The molecule has 0 fully saturated rings. The topological polar surface area (TPSA) is 47.7 Å². The molecule has 0 radical (unpaired) electrons. The molecule has 0 amide bonds. The van der Waals surface area contributed by atoms with Gasteiger partial charge in [-0.05, 0) is 47.1 Å². The fourth-order valence-electron chi connectivity index (χ4n) is 2.62. The molecule has 0 bridgehead atoms. The van der Waals surface area contributed by atoms with Crippen LogP contribution in [0.3, 0.4) is 0 Å². The molecule has 2 aromatic heterocycles. The third-order valence-electron chi connectivity index (χ3n) is 4.30. The van der Waals surface area contributed by atoms with Gasteiger partial charge in [0, 0.05) is 36.6 Å². The van der Waals surface area contributed by atoms with Gasteiger partial charge in [0.05, 0.1) is 17.9 Å². The molecule has 21 heavy (non-hydrogen) atoms. The maximum absolute atomic E-state index is 4.57. The van der Waals surface area contributed by atoms with Crippen LogP contribution in [0.4, 0.5) is 0 Å². The lowest BCUT2D eigenvalue weighted by Crippen LogP contribution is -2.33. The minimum atomic E-state index is 0.320. The van der Waals surface area contributed by atoms with Crippen LogP contribution in [-0.2, 0) is 13.1 Å². The highest BCUT2D eigenvalue weighted by Gasteiger charge is 2.16. The van der Waals surface area contributed by atoms with Gasteiger partial charge in [0.1, 0.15) is 0 Å². The summed E-state index contributed by atoms with van der Waals surface area (Å²) >= 11 is 0. The SMILES string of the molecule is CCn1nc(C)c(CN[C@@H](C)[C@@H](C)n2cc(C)cn2)c1C. The van der Waals surface area contributed by atoms with Gasteiger partial charge >= 0.3 is 0 Å². The van der Waals surface area contributed by atoms with Crippen LogP contribution < -0.4 is 5.32 Å². The lowest BCUT2D eigenvalue weighted by Gasteiger charge is -2.22. The van der Waals surface area contributed by atoms with E-state index in [2.05, 4.69) is 67.9 Å². The summed E-state index contributed by atoms with van der Waals surface area (Å²) in [6.45, 7) is 14.6. The summed E-state index contributed by atoms with van der Waals surface area (Å²) in [6, 6.07) is 0.661. The number of hydrogen-bond donors (Lipinski definition) is 1. The Hall–Kier alpha value is -1.62. The van der Waals surface area contributed by atoms with E-state index in [-0.39, 0.29) is 0 Å². The Bertz CT molecular complexity index is 596. The largest absolute Gasteiger partial charge is 0.308 e. The van der Waals surface area contributed by atoms with Gasteiger partial charge in [0.25, 0.3) is 0 Å². The predicted molar refractivity (Wildman–Crippen MR) is 85.4 cm³/mol. The molecule has 116 valence electrons. The molecule has 0 aliphatic heterocycles. The fraction of sp³-hybridized carbons (Fsp3) is 0.625. The first-order chi connectivity index (χ1) is 9.93. The summed E-state index contributed by atoms with van der Waals surface area (Å²) in [5.41, 5.74) is 4.89. The third-order valence-corrected chi connectivity index (χ3v) is 4.30. The molecule has 0 saturated heterocycles. The Balaban J connectivity index is 2.01. The van der Waals surface area contributed by atoms with Gasteiger partial charge in [0.2, 0.25) is 0 Å². The average molecular weight is 289 g/mol. The quantitative estimate of drug-likeness (QED) is 0.889. The van der Waals surface area contributed by atoms with Gasteiger partial charge in [-0.15, -0.1) is 0 Å². The van der Waals surface area contributed by atoms with Crippen molar-refractivity contribution >= 4 is 0 Å². The molecule has 2 heterocycles. The van der Waals surface area contributed by atoms with Crippen molar-refractivity contribution in [3.8, 4) is 0 Å². The fourth-order valence-corrected chi connectivity index (χ4v) is 2.62. The highest BCUT2D eigenvalue weighted by molar-refractivity contribution is 5.24. The van der Waals surface area contributed by atoms with Gasteiger partial charge in [-0.2, -0.15) is 10.2 Å². The molecule has 5 heteroatoms. The maximum atomic E-state index is 4.57. The number of aryl methyl sites for hydroxylation is 3. The van der Waals surface area contributed by atoms with E-state index >= 15 is 0 Å². The lowest BCUT2D eigenvalue weighted by atomic mass is 10.1. The Kier molecular flexibility index (Phi) is 4.83. The molecule has 0 unspecified atom stereocenters. The minimum Gasteiger partial charge on any atom is -0.308 e. The Morgan fingerprint density at radius 1 is 1.24 bits per heavy atom. The van der Waals surface area contributed by atoms with E-state index in [1.165, 1.54) is 16.8 Å². The van der Waals surface area contributed by atoms with Crippen molar-refractivity contribution in [3.63, 3.8) is 0 Å². The summed E-state index contributed by atoms with van der Waals surface area (Å²) in [4.78, 5) is 0. The van der Waals surface area contributed by atoms with Crippen molar-refractivity contribution in [2.24, 2.45) is 0 Å². The van der Waals surface area contributed by atoms with Crippen LogP contribution in [-0.4, -0.2) is 25.6 Å². The smallest absolute Gasteiger partial charge is 0.0641 e. The van der Waals surface area contributed by atoms with Crippen LogP contribution in [0.1, 0.15) is 49.3 Å². The second kappa shape index (κ2) is 6.43. The van der Waals surface area contributed by atoms with Crippen LogP contribution in [0.25, 0.3) is 0 Å². The molecule has 2 atom stereocenters. The summed E-state index contributed by atoms with van der Waals surface area (Å²) < 4.78 is 4.10. The zero-order valence-electron chi connectivity index (χ0n) is 14.0. The normalized spacial score (nSPS) is 14.4. The van der Waals surface area contributed by atoms with Gasteiger partial charge in [0.15, 0.2) is 0 Å². The number of rotatable bonds is 6. The number of hydrogen-bond acceptors (Lipinski definition) is 3. The first-order valence-corrected chi connectivity index (χ1v) is 7.71. The number of nitrogens with zero attached hydrogens (tertiary/aromatic N) is 4. The van der Waals surface area contributed by atoms with Crippen LogP contribution in [0.15, 0.2) is 12.4 Å². The molecule has 5 nitrogen and oxygen atoms in total. The van der Waals surface area contributed by atoms with E-state index in [0.29, 0.717) is 12.1 Å². The standard InChI is InChI=1S/C16H27N5/c1-7-20-15(6)16(13(4)19-20)9-17-12(3)14(5)21-10-11(2)8-18-21/h8,10,12,14,17H,7,9H2,1-6H3/t12-,14+/m0/s1. The maximum Gasteiger partial charge on any atom is 0.0641 e. The molecule has 0 aromatic carbocycles. The monoisotopic (exact) mass is 289 g/mol. The summed E-state index contributed by atoms with van der Waals surface area (Å²) in [5.74, 6) is 0. The minimum absolute atomic E-state index is 0.320. The molecular formula is C16H27N5. The van der Waals surface area contributed by atoms with E-state index in [0.717, 1.165) is 18.8 Å². The molecule has 0 saturated carbocycles. The molecule has 1 N–H and O–H groups in total. The van der Waals surface area contributed by atoms with Crippen molar-refractivity contribution in [1.29, 1.82) is 0 Å². The van der Waals surface area contributed by atoms with E-state index in [9.17, 15) is 0 Å². The highest BCUT2D eigenvalue weighted by Crippen LogP contribution is 2.15. The van der Waals surface area contributed by atoms with Gasteiger partial charge in [-0.1, -0.05) is 0 Å². The lowest BCUT2D eigenvalue weighted by molar-refractivity contribution is 0.364. The van der Waals surface area contributed by atoms with Crippen molar-refractivity contribution in [2.45, 2.75) is 66.7 Å². The molecular weight excluding hydrogens is 262 g/mol. The predicted octanol–water partition coefficient (Wildman–Crippen LogP) is 2.76. The van der Waals surface area contributed by atoms with Crippen molar-refractivity contribution in [3.05, 3.63) is 34.9 Å². The second-order valence-electron chi connectivity index (χ2n) is 5.87. The van der Waals surface area contributed by atoms with Gasteiger partial charge < -0.3 is 5.32 Å². The van der Waals surface area contributed by atoms with Crippen LogP contribution in [0.2, 0.25) is 0 Å². The van der Waals surface area contributed by atoms with Crippen molar-refractivity contribution in [2.75, 3.05) is 0 Å². The second-order valence-corrected chi connectivity index (χ2v) is 5.87. The highest BCUT2D eigenvalue weighted by atomic mass is 15.3. The zero-order valence-corrected chi connectivity index (χ0v) is 14.0. The third kappa shape index (κ3) is 3.35.